The van der Waals surface area contributed by atoms with Crippen LogP contribution < -0.4 is 4.72 Å². The van der Waals surface area contributed by atoms with Crippen LogP contribution in [0.5, 0.6) is 0 Å². The first kappa shape index (κ1) is 21.4. The van der Waals surface area contributed by atoms with Gasteiger partial charge in [-0.2, -0.15) is 0 Å². The number of rotatable bonds is 5. The monoisotopic (exact) mass is 475 g/mol. The van der Waals surface area contributed by atoms with Gasteiger partial charge in [-0.1, -0.05) is 18.2 Å². The van der Waals surface area contributed by atoms with Crippen LogP contribution in [0.4, 0.5) is 5.82 Å². The van der Waals surface area contributed by atoms with Crippen LogP contribution in [0.3, 0.4) is 0 Å². The van der Waals surface area contributed by atoms with Crippen molar-refractivity contribution in [3.05, 3.63) is 89.6 Å². The van der Waals surface area contributed by atoms with E-state index in [-0.39, 0.29) is 16.6 Å². The molecule has 0 saturated heterocycles. The molecule has 8 heteroatoms. The lowest BCUT2D eigenvalue weighted by molar-refractivity contribution is 0.0816. The summed E-state index contributed by atoms with van der Waals surface area (Å²) in [7, 11) is -1.96. The Balaban J connectivity index is 1.47. The quantitative estimate of drug-likeness (QED) is 0.432. The van der Waals surface area contributed by atoms with Crippen molar-refractivity contribution in [2.45, 2.75) is 18.4 Å². The van der Waals surface area contributed by atoms with Crippen LogP contribution in [0.15, 0.2) is 77.8 Å². The zero-order valence-electron chi connectivity index (χ0n) is 18.1. The van der Waals surface area contributed by atoms with E-state index in [4.69, 9.17) is 0 Å². The number of thiophene rings is 1. The third kappa shape index (κ3) is 4.03. The number of fused-ring (bicyclic) bond motifs is 1. The van der Waals surface area contributed by atoms with Crippen molar-refractivity contribution in [2.24, 2.45) is 0 Å². The van der Waals surface area contributed by atoms with Gasteiger partial charge in [0.15, 0.2) is 0 Å². The summed E-state index contributed by atoms with van der Waals surface area (Å²) in [5.74, 6) is 0.329. The minimum atomic E-state index is -3.77. The SMILES string of the molecule is Cc1ccc(S(=O)(=O)Nc2ccccn2)cc1-c1ccc(-c2ccc3c(c2)CN(C)C3=O)s1. The number of carbonyl (C=O) groups is 1. The van der Waals surface area contributed by atoms with Gasteiger partial charge in [-0.05, 0) is 77.7 Å². The number of hydrogen-bond acceptors (Lipinski definition) is 5. The summed E-state index contributed by atoms with van der Waals surface area (Å²) in [5.41, 5.74) is 4.69. The average Bonchev–Trinajstić information content (AvgIpc) is 3.39. The van der Waals surface area contributed by atoms with Crippen LogP contribution in [0.1, 0.15) is 21.5 Å². The van der Waals surface area contributed by atoms with E-state index in [1.54, 1.807) is 59.8 Å². The second-order valence-electron chi connectivity index (χ2n) is 7.99. The Labute approximate surface area is 196 Å². The van der Waals surface area contributed by atoms with Crippen LogP contribution in [0.25, 0.3) is 20.9 Å². The van der Waals surface area contributed by atoms with Gasteiger partial charge in [0.05, 0.1) is 4.90 Å². The van der Waals surface area contributed by atoms with E-state index in [0.29, 0.717) is 6.54 Å². The lowest BCUT2D eigenvalue weighted by Gasteiger charge is -2.10. The molecule has 4 aromatic rings. The highest BCUT2D eigenvalue weighted by Crippen LogP contribution is 2.38. The molecule has 0 radical (unpaired) electrons. The van der Waals surface area contributed by atoms with Gasteiger partial charge in [-0.25, -0.2) is 13.4 Å². The molecule has 0 fully saturated rings. The van der Waals surface area contributed by atoms with Crippen molar-refractivity contribution in [3.8, 4) is 20.9 Å². The van der Waals surface area contributed by atoms with Crippen LogP contribution >= 0.6 is 11.3 Å². The topological polar surface area (TPSA) is 79.4 Å². The number of aryl methyl sites for hydroxylation is 1. The third-order valence-electron chi connectivity index (χ3n) is 5.67. The van der Waals surface area contributed by atoms with E-state index in [1.807, 2.05) is 37.3 Å². The molecule has 1 N–H and O–H groups in total. The number of nitrogens with zero attached hydrogens (tertiary/aromatic N) is 2. The van der Waals surface area contributed by atoms with Crippen LogP contribution in [0.2, 0.25) is 0 Å². The summed E-state index contributed by atoms with van der Waals surface area (Å²) >= 11 is 1.60. The lowest BCUT2D eigenvalue weighted by Crippen LogP contribution is -2.17. The lowest BCUT2D eigenvalue weighted by atomic mass is 10.0. The van der Waals surface area contributed by atoms with Gasteiger partial charge in [0.25, 0.3) is 15.9 Å². The molecular weight excluding hydrogens is 454 g/mol. The molecule has 3 heterocycles. The Morgan fingerprint density at radius 2 is 1.79 bits per heavy atom. The van der Waals surface area contributed by atoms with Gasteiger partial charge in [-0.15, -0.1) is 11.3 Å². The Bertz CT molecular complexity index is 1480. The molecule has 33 heavy (non-hydrogen) atoms. The molecule has 1 aliphatic heterocycles. The Morgan fingerprint density at radius 1 is 0.970 bits per heavy atom. The predicted molar refractivity (Wildman–Crippen MR) is 131 cm³/mol. The van der Waals surface area contributed by atoms with E-state index in [2.05, 4.69) is 15.8 Å². The van der Waals surface area contributed by atoms with Crippen LogP contribution in [-0.4, -0.2) is 31.3 Å². The molecule has 0 atom stereocenters. The molecule has 5 rings (SSSR count). The van der Waals surface area contributed by atoms with Crippen molar-refractivity contribution in [2.75, 3.05) is 11.8 Å². The Morgan fingerprint density at radius 3 is 2.58 bits per heavy atom. The molecule has 2 aromatic carbocycles. The maximum Gasteiger partial charge on any atom is 0.263 e. The number of hydrogen-bond donors (Lipinski definition) is 1. The molecule has 1 amide bonds. The van der Waals surface area contributed by atoms with Crippen molar-refractivity contribution in [1.82, 2.24) is 9.88 Å². The summed E-state index contributed by atoms with van der Waals surface area (Å²) in [6.07, 6.45) is 1.54. The first-order valence-corrected chi connectivity index (χ1v) is 12.7. The molecule has 6 nitrogen and oxygen atoms in total. The molecule has 2 aromatic heterocycles. The Kier molecular flexibility index (Phi) is 5.26. The zero-order valence-corrected chi connectivity index (χ0v) is 19.7. The highest BCUT2D eigenvalue weighted by Gasteiger charge is 2.24. The highest BCUT2D eigenvalue weighted by atomic mass is 32.2. The van der Waals surface area contributed by atoms with E-state index in [0.717, 1.165) is 37.6 Å². The second-order valence-corrected chi connectivity index (χ2v) is 10.8. The maximum absolute atomic E-state index is 12.9. The van der Waals surface area contributed by atoms with Gasteiger partial charge >= 0.3 is 0 Å². The van der Waals surface area contributed by atoms with Crippen molar-refractivity contribution in [1.29, 1.82) is 0 Å². The fourth-order valence-electron chi connectivity index (χ4n) is 3.91. The smallest absolute Gasteiger partial charge is 0.263 e. The molecule has 0 saturated carbocycles. The minimum Gasteiger partial charge on any atom is -0.337 e. The molecule has 0 bridgehead atoms. The summed E-state index contributed by atoms with van der Waals surface area (Å²) in [5, 5.41) is 0. The number of pyridine rings is 1. The van der Waals surface area contributed by atoms with Crippen molar-refractivity contribution in [3.63, 3.8) is 0 Å². The number of carbonyl (C=O) groups excluding carboxylic acids is 1. The summed E-state index contributed by atoms with van der Waals surface area (Å²) in [6, 6.07) is 20.2. The number of amides is 1. The van der Waals surface area contributed by atoms with E-state index in [1.165, 1.54) is 0 Å². The minimum absolute atomic E-state index is 0.0522. The summed E-state index contributed by atoms with van der Waals surface area (Å²) in [6.45, 7) is 2.58. The third-order valence-corrected chi connectivity index (χ3v) is 8.19. The summed E-state index contributed by atoms with van der Waals surface area (Å²) < 4.78 is 28.3. The largest absolute Gasteiger partial charge is 0.337 e. The van der Waals surface area contributed by atoms with Gasteiger partial charge in [0.1, 0.15) is 5.82 Å². The predicted octanol–water partition coefficient (Wildman–Crippen LogP) is 5.17. The fraction of sp³-hybridized carbons (Fsp3) is 0.120. The van der Waals surface area contributed by atoms with Gasteiger partial charge in [-0.3, -0.25) is 9.52 Å². The van der Waals surface area contributed by atoms with Crippen LogP contribution in [0, 0.1) is 6.92 Å². The molecular formula is C25H21N3O3S2. The molecule has 166 valence electrons. The molecule has 1 aliphatic rings. The van der Waals surface area contributed by atoms with Gasteiger partial charge in [0.2, 0.25) is 0 Å². The summed E-state index contributed by atoms with van der Waals surface area (Å²) in [4.78, 5) is 20.2. The average molecular weight is 476 g/mol. The number of aromatic nitrogens is 1. The standard InChI is InChI=1S/C25H21N3O3S2/c1-16-6-8-19(33(30,31)27-24-5-3-4-12-26-24)14-21(16)23-11-10-22(32-23)17-7-9-20-18(13-17)15-28(2)25(20)29/h3-14H,15H2,1-2H3,(H,26,27). The highest BCUT2D eigenvalue weighted by molar-refractivity contribution is 7.92. The van der Waals surface area contributed by atoms with Crippen molar-refractivity contribution >= 4 is 33.1 Å². The Hall–Kier alpha value is -3.49. The van der Waals surface area contributed by atoms with Crippen molar-refractivity contribution < 1.29 is 13.2 Å². The normalized spacial score (nSPS) is 13.3. The number of nitrogens with one attached hydrogen (secondary N) is 1. The fourth-order valence-corrected chi connectivity index (χ4v) is 6.03. The maximum atomic E-state index is 12.9. The molecule has 0 spiro atoms. The molecule has 0 aliphatic carbocycles. The number of sulfonamides is 1. The van der Waals surface area contributed by atoms with E-state index in [9.17, 15) is 13.2 Å². The zero-order chi connectivity index (χ0) is 23.2. The second kappa shape index (κ2) is 8.13. The van der Waals surface area contributed by atoms with E-state index < -0.39 is 10.0 Å². The first-order chi connectivity index (χ1) is 15.8. The van der Waals surface area contributed by atoms with Gasteiger partial charge < -0.3 is 4.90 Å². The molecule has 0 unspecified atom stereocenters. The first-order valence-electron chi connectivity index (χ1n) is 10.4. The van der Waals surface area contributed by atoms with Crippen LogP contribution in [-0.2, 0) is 16.6 Å². The van der Waals surface area contributed by atoms with E-state index >= 15 is 0 Å². The number of benzene rings is 2. The van der Waals surface area contributed by atoms with Gasteiger partial charge in [0, 0.05) is 35.1 Å². The number of anilines is 1.